The summed E-state index contributed by atoms with van der Waals surface area (Å²) in [7, 11) is 0. The van der Waals surface area contributed by atoms with Crippen molar-refractivity contribution in [2.75, 3.05) is 0 Å². The minimum absolute atomic E-state index is 0.277. The highest BCUT2D eigenvalue weighted by atomic mass is 127. The lowest BCUT2D eigenvalue weighted by molar-refractivity contribution is -0.117. The van der Waals surface area contributed by atoms with Crippen LogP contribution in [0, 0.1) is 3.57 Å². The van der Waals surface area contributed by atoms with Gasteiger partial charge in [0.2, 0.25) is 0 Å². The van der Waals surface area contributed by atoms with E-state index in [2.05, 4.69) is 22.6 Å². The summed E-state index contributed by atoms with van der Waals surface area (Å²) in [4.78, 5) is 11.8. The first-order valence-electron chi connectivity index (χ1n) is 5.01. The van der Waals surface area contributed by atoms with E-state index >= 15 is 0 Å². The Labute approximate surface area is 113 Å². The summed E-state index contributed by atoms with van der Waals surface area (Å²) in [6.07, 6.45) is 1.09. The molecule has 0 aliphatic heterocycles. The molecule has 0 aliphatic rings. The first kappa shape index (κ1) is 11.8. The van der Waals surface area contributed by atoms with Crippen molar-refractivity contribution in [1.82, 2.24) is 0 Å². The van der Waals surface area contributed by atoms with Gasteiger partial charge in [0.05, 0.1) is 0 Å². The summed E-state index contributed by atoms with van der Waals surface area (Å²) in [5, 5.41) is 4.04. The molecule has 16 heavy (non-hydrogen) atoms. The number of hydrogen-bond acceptors (Lipinski definition) is 2. The Morgan fingerprint density at radius 1 is 1.06 bits per heavy atom. The van der Waals surface area contributed by atoms with E-state index in [4.69, 9.17) is 0 Å². The van der Waals surface area contributed by atoms with E-state index in [9.17, 15) is 4.79 Å². The zero-order valence-corrected chi connectivity index (χ0v) is 11.6. The molecule has 0 saturated carbocycles. The molecular formula is C13H11IOS. The summed E-state index contributed by atoms with van der Waals surface area (Å²) in [6, 6.07) is 10.1. The van der Waals surface area contributed by atoms with Gasteiger partial charge in [-0.05, 0) is 62.7 Å². The Morgan fingerprint density at radius 2 is 1.75 bits per heavy atom. The molecule has 0 radical (unpaired) electrons. The van der Waals surface area contributed by atoms with Crippen LogP contribution in [0.5, 0.6) is 0 Å². The summed E-state index contributed by atoms with van der Waals surface area (Å²) in [5.74, 6) is 0.277. The van der Waals surface area contributed by atoms with Gasteiger partial charge in [-0.25, -0.2) is 0 Å². The molecule has 1 heterocycles. The molecule has 82 valence electrons. The van der Waals surface area contributed by atoms with Crippen molar-refractivity contribution >= 4 is 39.7 Å². The maximum Gasteiger partial charge on any atom is 0.141 e. The maximum atomic E-state index is 11.8. The number of carbonyl (C=O) groups is 1. The highest BCUT2D eigenvalue weighted by molar-refractivity contribution is 14.1. The number of hydrogen-bond donors (Lipinski definition) is 0. The van der Waals surface area contributed by atoms with E-state index in [1.54, 1.807) is 11.3 Å². The zero-order chi connectivity index (χ0) is 11.4. The van der Waals surface area contributed by atoms with Crippen molar-refractivity contribution in [3.63, 3.8) is 0 Å². The Hall–Kier alpha value is -0.680. The smallest absolute Gasteiger partial charge is 0.141 e. The number of Topliss-reactive ketones (excluding diaryl/α,β-unsaturated/α-hetero) is 1. The Balaban J connectivity index is 1.95. The molecule has 3 heteroatoms. The van der Waals surface area contributed by atoms with Gasteiger partial charge in [0, 0.05) is 16.4 Å². The Bertz CT molecular complexity index is 459. The predicted molar refractivity (Wildman–Crippen MR) is 75.9 cm³/mol. The van der Waals surface area contributed by atoms with Gasteiger partial charge in [0.15, 0.2) is 0 Å². The van der Waals surface area contributed by atoms with E-state index < -0.39 is 0 Å². The van der Waals surface area contributed by atoms with Crippen molar-refractivity contribution < 1.29 is 4.79 Å². The van der Waals surface area contributed by atoms with Crippen LogP contribution >= 0.6 is 33.9 Å². The van der Waals surface area contributed by atoms with Crippen LogP contribution in [0.2, 0.25) is 0 Å². The first-order chi connectivity index (χ1) is 7.74. The topological polar surface area (TPSA) is 17.1 Å². The fraction of sp³-hybridized carbons (Fsp3) is 0.154. The lowest BCUT2D eigenvalue weighted by Crippen LogP contribution is -2.05. The molecule has 0 aliphatic carbocycles. The molecule has 0 spiro atoms. The molecule has 1 aromatic heterocycles. The molecule has 0 saturated heterocycles. The van der Waals surface area contributed by atoms with Crippen molar-refractivity contribution in [3.8, 4) is 0 Å². The number of thiophene rings is 1. The van der Waals surface area contributed by atoms with Crippen LogP contribution in [0.3, 0.4) is 0 Å². The van der Waals surface area contributed by atoms with Crippen LogP contribution in [0.15, 0.2) is 41.1 Å². The van der Waals surface area contributed by atoms with Crippen LogP contribution in [0.25, 0.3) is 0 Å². The summed E-state index contributed by atoms with van der Waals surface area (Å²) < 4.78 is 1.20. The molecule has 2 rings (SSSR count). The van der Waals surface area contributed by atoms with Gasteiger partial charge in [-0.15, -0.1) is 0 Å². The molecule has 0 N–H and O–H groups in total. The highest BCUT2D eigenvalue weighted by Gasteiger charge is 2.05. The molecule has 0 fully saturated rings. The number of halogens is 1. The number of carbonyl (C=O) groups excluding carboxylic acids is 1. The average Bonchev–Trinajstić information content (AvgIpc) is 2.74. The lowest BCUT2D eigenvalue weighted by Gasteiger charge is -2.00. The van der Waals surface area contributed by atoms with Gasteiger partial charge in [-0.2, -0.15) is 11.3 Å². The second-order valence-electron chi connectivity index (χ2n) is 3.65. The van der Waals surface area contributed by atoms with Crippen molar-refractivity contribution in [2.45, 2.75) is 12.8 Å². The van der Waals surface area contributed by atoms with Gasteiger partial charge in [-0.3, -0.25) is 4.79 Å². The minimum Gasteiger partial charge on any atom is -0.299 e. The molecule has 0 atom stereocenters. The highest BCUT2D eigenvalue weighted by Crippen LogP contribution is 2.11. The van der Waals surface area contributed by atoms with E-state index in [0.717, 1.165) is 11.1 Å². The number of rotatable bonds is 4. The Kier molecular flexibility index (Phi) is 4.12. The fourth-order valence-electron chi connectivity index (χ4n) is 1.51. The van der Waals surface area contributed by atoms with Crippen LogP contribution < -0.4 is 0 Å². The maximum absolute atomic E-state index is 11.8. The Morgan fingerprint density at radius 3 is 2.38 bits per heavy atom. The molecule has 0 bridgehead atoms. The van der Waals surface area contributed by atoms with E-state index in [1.807, 2.05) is 41.1 Å². The van der Waals surface area contributed by atoms with Crippen LogP contribution in [0.1, 0.15) is 11.1 Å². The van der Waals surface area contributed by atoms with Crippen LogP contribution in [-0.2, 0) is 17.6 Å². The van der Waals surface area contributed by atoms with E-state index in [1.165, 1.54) is 3.57 Å². The summed E-state index contributed by atoms with van der Waals surface area (Å²) >= 11 is 3.90. The first-order valence-corrected chi connectivity index (χ1v) is 7.03. The van der Waals surface area contributed by atoms with Gasteiger partial charge in [0.1, 0.15) is 5.78 Å². The SMILES string of the molecule is O=C(Cc1ccc(I)cc1)Cc1ccsc1. The summed E-state index contributed by atoms with van der Waals surface area (Å²) in [5.41, 5.74) is 2.22. The second-order valence-corrected chi connectivity index (χ2v) is 5.68. The predicted octanol–water partition coefficient (Wildman–Crippen LogP) is 3.71. The third-order valence-corrected chi connectivity index (χ3v) is 3.75. The van der Waals surface area contributed by atoms with Crippen molar-refractivity contribution in [3.05, 3.63) is 55.8 Å². The lowest BCUT2D eigenvalue weighted by atomic mass is 10.0. The minimum atomic E-state index is 0.277. The molecule has 1 aromatic carbocycles. The van der Waals surface area contributed by atoms with Crippen molar-refractivity contribution in [1.29, 1.82) is 0 Å². The third kappa shape index (κ3) is 3.42. The standard InChI is InChI=1S/C13H11IOS/c14-12-3-1-10(2-4-12)7-13(15)8-11-5-6-16-9-11/h1-6,9H,7-8H2. The normalized spacial score (nSPS) is 10.3. The molecule has 1 nitrogen and oxygen atoms in total. The van der Waals surface area contributed by atoms with Gasteiger partial charge >= 0.3 is 0 Å². The number of ketones is 1. The second kappa shape index (κ2) is 5.59. The largest absolute Gasteiger partial charge is 0.299 e. The van der Waals surface area contributed by atoms with Crippen LogP contribution in [0.4, 0.5) is 0 Å². The molecular weight excluding hydrogens is 331 g/mol. The van der Waals surface area contributed by atoms with Crippen molar-refractivity contribution in [2.24, 2.45) is 0 Å². The molecule has 0 amide bonds. The average molecular weight is 342 g/mol. The fourth-order valence-corrected chi connectivity index (χ4v) is 2.54. The monoisotopic (exact) mass is 342 g/mol. The number of benzene rings is 1. The summed E-state index contributed by atoms with van der Waals surface area (Å²) in [6.45, 7) is 0. The van der Waals surface area contributed by atoms with E-state index in [0.29, 0.717) is 12.8 Å². The molecule has 2 aromatic rings. The van der Waals surface area contributed by atoms with Gasteiger partial charge in [0.25, 0.3) is 0 Å². The van der Waals surface area contributed by atoms with E-state index in [-0.39, 0.29) is 5.78 Å². The quantitative estimate of drug-likeness (QED) is 0.775. The molecule has 0 unspecified atom stereocenters. The van der Waals surface area contributed by atoms with Gasteiger partial charge < -0.3 is 0 Å². The zero-order valence-electron chi connectivity index (χ0n) is 8.65. The van der Waals surface area contributed by atoms with Gasteiger partial charge in [-0.1, -0.05) is 12.1 Å². The van der Waals surface area contributed by atoms with Crippen LogP contribution in [-0.4, -0.2) is 5.78 Å². The third-order valence-electron chi connectivity index (χ3n) is 2.30.